The van der Waals surface area contributed by atoms with Crippen LogP contribution in [0.1, 0.15) is 30.3 Å². The van der Waals surface area contributed by atoms with Gasteiger partial charge in [-0.15, -0.1) is 0 Å². The molecule has 0 saturated carbocycles. The van der Waals surface area contributed by atoms with Gasteiger partial charge in [0.15, 0.2) is 0 Å². The number of halogens is 3. The zero-order valence-electron chi connectivity index (χ0n) is 10.5. The average molecular weight is 316 g/mol. The Labute approximate surface area is 127 Å². The lowest BCUT2D eigenvalue weighted by molar-refractivity contribution is 0.877. The minimum Gasteiger partial charge on any atom is -0.220 e. The molecule has 0 spiro atoms. The molecule has 2 aromatic rings. The Morgan fingerprint density at radius 3 is 2.21 bits per heavy atom. The summed E-state index contributed by atoms with van der Waals surface area (Å²) in [6.07, 6.45) is 2.25. The van der Waals surface area contributed by atoms with Gasteiger partial charge in [-0.1, -0.05) is 66.3 Å². The Bertz CT molecular complexity index is 562. The molecule has 100 valence electrons. The van der Waals surface area contributed by atoms with Crippen LogP contribution in [-0.2, 0) is 12.8 Å². The smallest absolute Gasteiger partial charge is 0.137 e. The van der Waals surface area contributed by atoms with E-state index in [0.717, 1.165) is 24.0 Å². The van der Waals surface area contributed by atoms with E-state index in [4.69, 9.17) is 34.8 Å². The maximum Gasteiger partial charge on any atom is 0.137 e. The first-order valence-electron chi connectivity index (χ1n) is 6.06. The summed E-state index contributed by atoms with van der Waals surface area (Å²) in [5, 5.41) is 1.56. The third-order valence-corrected chi connectivity index (χ3v) is 3.75. The molecule has 1 heterocycles. The Morgan fingerprint density at radius 2 is 1.63 bits per heavy atom. The molecule has 19 heavy (non-hydrogen) atoms. The van der Waals surface area contributed by atoms with E-state index in [1.54, 1.807) is 0 Å². The van der Waals surface area contributed by atoms with Gasteiger partial charge in [-0.2, -0.15) is 0 Å². The number of aromatic nitrogens is 2. The molecular weight excluding hydrogens is 303 g/mol. The highest BCUT2D eigenvalue weighted by Crippen LogP contribution is 2.24. The van der Waals surface area contributed by atoms with E-state index >= 15 is 0 Å². The van der Waals surface area contributed by atoms with Crippen molar-refractivity contribution in [3.8, 4) is 0 Å². The van der Waals surface area contributed by atoms with Crippen molar-refractivity contribution < 1.29 is 0 Å². The monoisotopic (exact) mass is 314 g/mol. The third-order valence-electron chi connectivity index (χ3n) is 2.76. The van der Waals surface area contributed by atoms with Crippen molar-refractivity contribution in [1.29, 1.82) is 0 Å². The van der Waals surface area contributed by atoms with E-state index in [0.29, 0.717) is 27.6 Å². The van der Waals surface area contributed by atoms with Gasteiger partial charge in [0.25, 0.3) is 0 Å². The lowest BCUT2D eigenvalue weighted by Crippen LogP contribution is -2.02. The van der Waals surface area contributed by atoms with Crippen molar-refractivity contribution in [2.75, 3.05) is 0 Å². The molecule has 0 atom stereocenters. The fraction of sp³-hybridized carbons (Fsp3) is 0.286. The van der Waals surface area contributed by atoms with Crippen LogP contribution in [-0.4, -0.2) is 9.97 Å². The number of nitrogens with zero attached hydrogens (tertiary/aromatic N) is 2. The Kier molecular flexibility index (Phi) is 5.03. The second kappa shape index (κ2) is 6.56. The van der Waals surface area contributed by atoms with Crippen molar-refractivity contribution in [1.82, 2.24) is 9.97 Å². The van der Waals surface area contributed by atoms with E-state index in [-0.39, 0.29) is 0 Å². The van der Waals surface area contributed by atoms with Gasteiger partial charge in [-0.25, -0.2) is 9.97 Å². The average Bonchev–Trinajstić information content (AvgIpc) is 2.37. The second-order valence-electron chi connectivity index (χ2n) is 4.22. The number of hydrogen-bond acceptors (Lipinski definition) is 2. The highest BCUT2D eigenvalue weighted by atomic mass is 35.5. The van der Waals surface area contributed by atoms with Gasteiger partial charge in [0.05, 0.1) is 0 Å². The van der Waals surface area contributed by atoms with Crippen LogP contribution < -0.4 is 0 Å². The molecule has 0 amide bonds. The molecule has 1 aromatic heterocycles. The highest BCUT2D eigenvalue weighted by molar-refractivity contribution is 6.34. The molecule has 0 radical (unpaired) electrons. The lowest BCUT2D eigenvalue weighted by atomic mass is 10.1. The van der Waals surface area contributed by atoms with E-state index < -0.39 is 0 Å². The lowest BCUT2D eigenvalue weighted by Gasteiger charge is -2.08. The molecule has 0 bridgehead atoms. The SMILES string of the molecule is CCCc1c(Cl)nc(Cc2ccccc2Cl)nc1Cl. The molecular formula is C14H13Cl3N2. The van der Waals surface area contributed by atoms with Gasteiger partial charge < -0.3 is 0 Å². The summed E-state index contributed by atoms with van der Waals surface area (Å²) in [6.45, 7) is 2.06. The number of benzene rings is 1. The molecule has 1 aromatic carbocycles. The van der Waals surface area contributed by atoms with Crippen LogP contribution in [0.15, 0.2) is 24.3 Å². The van der Waals surface area contributed by atoms with Crippen LogP contribution in [0.3, 0.4) is 0 Å². The van der Waals surface area contributed by atoms with Crippen molar-refractivity contribution >= 4 is 34.8 Å². The van der Waals surface area contributed by atoms with Crippen LogP contribution in [0.25, 0.3) is 0 Å². The highest BCUT2D eigenvalue weighted by Gasteiger charge is 2.12. The summed E-state index contributed by atoms with van der Waals surface area (Å²) in [5.41, 5.74) is 1.77. The first-order valence-corrected chi connectivity index (χ1v) is 7.19. The third kappa shape index (κ3) is 3.59. The summed E-state index contributed by atoms with van der Waals surface area (Å²) >= 11 is 18.4. The van der Waals surface area contributed by atoms with Gasteiger partial charge in [0.1, 0.15) is 16.1 Å². The zero-order chi connectivity index (χ0) is 13.8. The van der Waals surface area contributed by atoms with Gasteiger partial charge in [0, 0.05) is 17.0 Å². The molecule has 2 rings (SSSR count). The molecule has 0 unspecified atom stereocenters. The van der Waals surface area contributed by atoms with Crippen LogP contribution in [0.5, 0.6) is 0 Å². The van der Waals surface area contributed by atoms with Crippen molar-refractivity contribution in [3.05, 3.63) is 56.5 Å². The minimum absolute atomic E-state index is 0.434. The molecule has 0 N–H and O–H groups in total. The summed E-state index contributed by atoms with van der Waals surface area (Å²) in [5.74, 6) is 0.586. The normalized spacial score (nSPS) is 10.7. The van der Waals surface area contributed by atoms with E-state index in [9.17, 15) is 0 Å². The Hall–Kier alpha value is -0.830. The summed E-state index contributed by atoms with van der Waals surface area (Å²) < 4.78 is 0. The molecule has 5 heteroatoms. The van der Waals surface area contributed by atoms with Crippen LogP contribution in [0.2, 0.25) is 15.3 Å². The summed E-state index contributed by atoms with van der Waals surface area (Å²) in [4.78, 5) is 8.60. The second-order valence-corrected chi connectivity index (χ2v) is 5.34. The van der Waals surface area contributed by atoms with Crippen molar-refractivity contribution in [3.63, 3.8) is 0 Å². The van der Waals surface area contributed by atoms with E-state index in [1.807, 2.05) is 24.3 Å². The standard InChI is InChI=1S/C14H13Cl3N2/c1-2-5-10-13(16)18-12(19-14(10)17)8-9-6-3-4-7-11(9)15/h3-4,6-7H,2,5,8H2,1H3. The first kappa shape index (κ1) is 14.6. The van der Waals surface area contributed by atoms with Gasteiger partial charge >= 0.3 is 0 Å². The van der Waals surface area contributed by atoms with E-state index in [2.05, 4.69) is 16.9 Å². The first-order chi connectivity index (χ1) is 9.11. The summed E-state index contributed by atoms with van der Waals surface area (Å²) in [6, 6.07) is 7.59. The molecule has 2 nitrogen and oxygen atoms in total. The van der Waals surface area contributed by atoms with Gasteiger partial charge in [-0.05, 0) is 18.1 Å². The van der Waals surface area contributed by atoms with Crippen molar-refractivity contribution in [2.24, 2.45) is 0 Å². The molecule has 0 aliphatic rings. The number of rotatable bonds is 4. The van der Waals surface area contributed by atoms with Crippen LogP contribution in [0.4, 0.5) is 0 Å². The Morgan fingerprint density at radius 1 is 1.00 bits per heavy atom. The largest absolute Gasteiger partial charge is 0.220 e. The predicted molar refractivity (Wildman–Crippen MR) is 80.3 cm³/mol. The number of hydrogen-bond donors (Lipinski definition) is 0. The zero-order valence-corrected chi connectivity index (χ0v) is 12.7. The van der Waals surface area contributed by atoms with E-state index in [1.165, 1.54) is 0 Å². The van der Waals surface area contributed by atoms with Gasteiger partial charge in [-0.3, -0.25) is 0 Å². The van der Waals surface area contributed by atoms with Gasteiger partial charge in [0.2, 0.25) is 0 Å². The fourth-order valence-corrected chi connectivity index (χ4v) is 2.63. The quantitative estimate of drug-likeness (QED) is 0.744. The summed E-state index contributed by atoms with van der Waals surface area (Å²) in [7, 11) is 0. The van der Waals surface area contributed by atoms with Crippen LogP contribution >= 0.6 is 34.8 Å². The van der Waals surface area contributed by atoms with Crippen molar-refractivity contribution in [2.45, 2.75) is 26.2 Å². The topological polar surface area (TPSA) is 25.8 Å². The predicted octanol–water partition coefficient (Wildman–Crippen LogP) is 4.98. The molecule has 0 fully saturated rings. The molecule has 0 aliphatic heterocycles. The maximum atomic E-state index is 6.15. The molecule has 0 saturated heterocycles. The minimum atomic E-state index is 0.434. The Balaban J connectivity index is 2.30. The van der Waals surface area contributed by atoms with Crippen LogP contribution in [0, 0.1) is 0 Å². The molecule has 0 aliphatic carbocycles. The maximum absolute atomic E-state index is 6.15. The fourth-order valence-electron chi connectivity index (χ4n) is 1.82.